The van der Waals surface area contributed by atoms with Crippen LogP contribution in [-0.4, -0.2) is 24.6 Å². The van der Waals surface area contributed by atoms with Crippen LogP contribution in [0.25, 0.3) is 0 Å². The molecule has 0 aliphatic carbocycles. The van der Waals surface area contributed by atoms with Crippen LogP contribution in [0.2, 0.25) is 0 Å². The van der Waals surface area contributed by atoms with E-state index in [0.29, 0.717) is 18.4 Å². The molecule has 0 amide bonds. The molecule has 56 valence electrons. The van der Waals surface area contributed by atoms with Crippen molar-refractivity contribution < 1.29 is 4.84 Å². The van der Waals surface area contributed by atoms with E-state index < -0.39 is 0 Å². The molecule has 0 aromatic rings. The van der Waals surface area contributed by atoms with Gasteiger partial charge in [0.25, 0.3) is 0 Å². The van der Waals surface area contributed by atoms with Gasteiger partial charge in [0.15, 0.2) is 0 Å². The first kappa shape index (κ1) is 7.57. The summed E-state index contributed by atoms with van der Waals surface area (Å²) in [6.07, 6.45) is 3.36. The van der Waals surface area contributed by atoms with Crippen molar-refractivity contribution >= 4 is 17.8 Å². The normalized spacial score (nSPS) is 17.4. The fraction of sp³-hybridized carbons (Fsp3) is 0.500. The Kier molecular flexibility index (Phi) is 2.71. The molecular weight excluding hydrogens is 152 g/mol. The lowest BCUT2D eigenvalue weighted by Crippen LogP contribution is -2.23. The number of hydrogen-bond donors (Lipinski definition) is 0. The Morgan fingerprint density at radius 2 is 2.70 bits per heavy atom. The van der Waals surface area contributed by atoms with Crippen molar-refractivity contribution in [2.45, 2.75) is 6.92 Å². The molecule has 0 N–H and O–H groups in total. The lowest BCUT2D eigenvalue weighted by atomic mass is 10.6. The van der Waals surface area contributed by atoms with E-state index in [2.05, 4.69) is 4.99 Å². The zero-order chi connectivity index (χ0) is 7.40. The first-order chi connectivity index (χ1) is 4.84. The van der Waals surface area contributed by atoms with Gasteiger partial charge in [0, 0.05) is 6.21 Å². The van der Waals surface area contributed by atoms with Gasteiger partial charge in [-0.3, -0.25) is 9.83 Å². The third-order valence-electron chi connectivity index (χ3n) is 1.05. The van der Waals surface area contributed by atoms with Crippen molar-refractivity contribution in [2.75, 3.05) is 13.3 Å². The summed E-state index contributed by atoms with van der Waals surface area (Å²) in [5.41, 5.74) is 0. The zero-order valence-corrected chi connectivity index (χ0v) is 6.51. The third-order valence-corrected chi connectivity index (χ3v) is 1.37. The van der Waals surface area contributed by atoms with Crippen molar-refractivity contribution in [1.29, 1.82) is 0 Å². The second-order valence-corrected chi connectivity index (χ2v) is 2.15. The van der Waals surface area contributed by atoms with Crippen molar-refractivity contribution in [3.63, 3.8) is 0 Å². The lowest BCUT2D eigenvalue weighted by molar-refractivity contribution is -0.118. The standard InChI is InChI=1S/C6H9ClN2O/c1-2-10-9-5-8-4-3-6(9)7/h3-4H,2,5H2,1H3. The van der Waals surface area contributed by atoms with Crippen molar-refractivity contribution in [2.24, 2.45) is 4.99 Å². The molecule has 0 unspecified atom stereocenters. The van der Waals surface area contributed by atoms with Gasteiger partial charge >= 0.3 is 0 Å². The quantitative estimate of drug-likeness (QED) is 0.570. The Balaban J connectivity index is 2.47. The molecule has 1 aliphatic heterocycles. The molecule has 3 nitrogen and oxygen atoms in total. The van der Waals surface area contributed by atoms with Gasteiger partial charge in [-0.1, -0.05) is 11.6 Å². The molecule has 0 saturated carbocycles. The van der Waals surface area contributed by atoms with E-state index in [1.807, 2.05) is 6.92 Å². The third kappa shape index (κ3) is 1.72. The Bertz CT molecular complexity index is 167. The second kappa shape index (κ2) is 3.58. The number of hydrogen-bond acceptors (Lipinski definition) is 3. The summed E-state index contributed by atoms with van der Waals surface area (Å²) in [4.78, 5) is 9.06. The summed E-state index contributed by atoms with van der Waals surface area (Å²) in [7, 11) is 0. The molecule has 0 aromatic heterocycles. The molecule has 0 bridgehead atoms. The molecule has 0 spiro atoms. The van der Waals surface area contributed by atoms with Crippen LogP contribution in [-0.2, 0) is 4.84 Å². The monoisotopic (exact) mass is 160 g/mol. The highest BCUT2D eigenvalue weighted by Gasteiger charge is 2.07. The van der Waals surface area contributed by atoms with Crippen LogP contribution in [0.1, 0.15) is 6.92 Å². The fourth-order valence-corrected chi connectivity index (χ4v) is 0.803. The smallest absolute Gasteiger partial charge is 0.136 e. The Morgan fingerprint density at radius 1 is 1.90 bits per heavy atom. The van der Waals surface area contributed by atoms with Crippen LogP contribution in [0, 0.1) is 0 Å². The van der Waals surface area contributed by atoms with Crippen molar-refractivity contribution in [3.05, 3.63) is 11.2 Å². The molecule has 1 aliphatic rings. The van der Waals surface area contributed by atoms with Crippen LogP contribution in [0.5, 0.6) is 0 Å². The highest BCUT2D eigenvalue weighted by Crippen LogP contribution is 2.11. The first-order valence-electron chi connectivity index (χ1n) is 3.10. The van der Waals surface area contributed by atoms with E-state index in [1.165, 1.54) is 0 Å². The maximum Gasteiger partial charge on any atom is 0.136 e. The SMILES string of the molecule is CCON1CN=CC=C1Cl. The van der Waals surface area contributed by atoms with Gasteiger partial charge in [-0.15, -0.1) is 0 Å². The number of nitrogens with zero attached hydrogens (tertiary/aromatic N) is 2. The number of aliphatic imine (C=N–C) groups is 1. The van der Waals surface area contributed by atoms with Crippen LogP contribution < -0.4 is 0 Å². The predicted octanol–water partition coefficient (Wildman–Crippen LogP) is 1.36. The summed E-state index contributed by atoms with van der Waals surface area (Å²) >= 11 is 5.73. The van der Waals surface area contributed by atoms with E-state index in [-0.39, 0.29) is 0 Å². The predicted molar refractivity (Wildman–Crippen MR) is 40.8 cm³/mol. The minimum atomic E-state index is 0.489. The molecular formula is C6H9ClN2O. The Morgan fingerprint density at radius 3 is 3.30 bits per heavy atom. The van der Waals surface area contributed by atoms with Gasteiger partial charge < -0.3 is 0 Å². The van der Waals surface area contributed by atoms with Gasteiger partial charge in [-0.05, 0) is 13.0 Å². The molecule has 0 fully saturated rings. The van der Waals surface area contributed by atoms with Gasteiger partial charge in [0.05, 0.1) is 6.61 Å². The van der Waals surface area contributed by atoms with Crippen LogP contribution in [0.15, 0.2) is 16.2 Å². The summed E-state index contributed by atoms with van der Waals surface area (Å²) in [6.45, 7) is 3.01. The van der Waals surface area contributed by atoms with Crippen LogP contribution in [0.3, 0.4) is 0 Å². The van der Waals surface area contributed by atoms with E-state index in [4.69, 9.17) is 16.4 Å². The average Bonchev–Trinajstić information content (AvgIpc) is 1.94. The molecule has 0 saturated heterocycles. The molecule has 4 heteroatoms. The number of rotatable bonds is 2. The molecule has 10 heavy (non-hydrogen) atoms. The largest absolute Gasteiger partial charge is 0.271 e. The van der Waals surface area contributed by atoms with Crippen molar-refractivity contribution in [3.8, 4) is 0 Å². The van der Waals surface area contributed by atoms with E-state index in [0.717, 1.165) is 0 Å². The molecule has 1 heterocycles. The van der Waals surface area contributed by atoms with Gasteiger partial charge in [0.2, 0.25) is 0 Å². The summed E-state index contributed by atoms with van der Waals surface area (Å²) in [5.74, 6) is 0. The first-order valence-corrected chi connectivity index (χ1v) is 3.48. The van der Waals surface area contributed by atoms with E-state index in [1.54, 1.807) is 17.4 Å². The van der Waals surface area contributed by atoms with Crippen molar-refractivity contribution in [1.82, 2.24) is 5.06 Å². The minimum Gasteiger partial charge on any atom is -0.271 e. The maximum absolute atomic E-state index is 5.73. The molecule has 1 rings (SSSR count). The minimum absolute atomic E-state index is 0.489. The van der Waals surface area contributed by atoms with Gasteiger partial charge in [-0.25, -0.2) is 5.06 Å². The van der Waals surface area contributed by atoms with Crippen LogP contribution in [0.4, 0.5) is 0 Å². The highest BCUT2D eigenvalue weighted by molar-refractivity contribution is 6.30. The summed E-state index contributed by atoms with van der Waals surface area (Å²) < 4.78 is 0. The molecule has 0 aromatic carbocycles. The lowest BCUT2D eigenvalue weighted by Gasteiger charge is -2.21. The number of allylic oxidation sites excluding steroid dienone is 1. The maximum atomic E-state index is 5.73. The topological polar surface area (TPSA) is 24.8 Å². The number of hydroxylamine groups is 2. The Hall–Kier alpha value is -0.540. The average molecular weight is 161 g/mol. The van der Waals surface area contributed by atoms with Gasteiger partial charge in [0.1, 0.15) is 11.8 Å². The molecule has 0 atom stereocenters. The second-order valence-electron chi connectivity index (χ2n) is 1.76. The van der Waals surface area contributed by atoms with E-state index >= 15 is 0 Å². The highest BCUT2D eigenvalue weighted by atomic mass is 35.5. The summed E-state index contributed by atoms with van der Waals surface area (Å²) in [5, 5.41) is 2.12. The van der Waals surface area contributed by atoms with E-state index in [9.17, 15) is 0 Å². The van der Waals surface area contributed by atoms with Crippen LogP contribution >= 0.6 is 11.6 Å². The fourth-order valence-electron chi connectivity index (χ4n) is 0.645. The zero-order valence-electron chi connectivity index (χ0n) is 5.75. The summed E-state index contributed by atoms with van der Waals surface area (Å²) in [6, 6.07) is 0. The molecule has 0 radical (unpaired) electrons. The van der Waals surface area contributed by atoms with Gasteiger partial charge in [-0.2, -0.15) is 0 Å². The Labute approximate surface area is 64.9 Å². The number of halogens is 1.